The summed E-state index contributed by atoms with van der Waals surface area (Å²) in [6, 6.07) is 5.15. The van der Waals surface area contributed by atoms with Gasteiger partial charge in [-0.3, -0.25) is 0 Å². The molecule has 0 aliphatic carbocycles. The molecule has 0 saturated heterocycles. The van der Waals surface area contributed by atoms with E-state index < -0.39 is 23.5 Å². The lowest BCUT2D eigenvalue weighted by atomic mass is 9.98. The summed E-state index contributed by atoms with van der Waals surface area (Å²) in [6.45, 7) is 15.1. The number of rotatable bonds is 8. The van der Waals surface area contributed by atoms with Crippen molar-refractivity contribution in [1.82, 2.24) is 0 Å². The van der Waals surface area contributed by atoms with Gasteiger partial charge in [-0.25, -0.2) is 9.59 Å². The summed E-state index contributed by atoms with van der Waals surface area (Å²) in [5.74, 6) is 0.488. The van der Waals surface area contributed by atoms with Crippen LogP contribution in [0.25, 0.3) is 0 Å². The van der Waals surface area contributed by atoms with Crippen molar-refractivity contribution in [2.45, 2.75) is 91.8 Å². The maximum absolute atomic E-state index is 12.2. The van der Waals surface area contributed by atoms with Gasteiger partial charge in [-0.2, -0.15) is 0 Å². The summed E-state index contributed by atoms with van der Waals surface area (Å²) in [7, 11) is 0. The molecule has 0 radical (unpaired) electrons. The van der Waals surface area contributed by atoms with Gasteiger partial charge in [0.15, 0.2) is 11.5 Å². The molecule has 0 aliphatic heterocycles. The normalized spacial score (nSPS) is 12.9. The molecule has 0 bridgehead atoms. The second kappa shape index (κ2) is 9.80. The van der Waals surface area contributed by atoms with Crippen molar-refractivity contribution in [1.29, 1.82) is 0 Å². The van der Waals surface area contributed by atoms with Crippen LogP contribution in [-0.2, 0) is 9.47 Å². The lowest BCUT2D eigenvalue weighted by Crippen LogP contribution is -2.30. The lowest BCUT2D eigenvalue weighted by Gasteiger charge is -2.24. The Morgan fingerprint density at radius 3 is 1.75 bits per heavy atom. The highest BCUT2D eigenvalue weighted by Crippen LogP contribution is 2.33. The molecule has 0 heterocycles. The second-order valence-corrected chi connectivity index (χ2v) is 8.15. The van der Waals surface area contributed by atoms with Crippen LogP contribution in [-0.4, -0.2) is 23.5 Å². The summed E-state index contributed by atoms with van der Waals surface area (Å²) in [5.41, 5.74) is -0.343. The first-order chi connectivity index (χ1) is 12.9. The first kappa shape index (κ1) is 23.8. The zero-order valence-corrected chi connectivity index (χ0v) is 18.4. The number of hydrogen-bond acceptors (Lipinski definition) is 6. The van der Waals surface area contributed by atoms with Crippen LogP contribution in [0, 0.1) is 0 Å². The predicted molar refractivity (Wildman–Crippen MR) is 108 cm³/mol. The molecule has 1 rings (SSSR count). The zero-order valence-electron chi connectivity index (χ0n) is 18.4. The Hall–Kier alpha value is -2.24. The molecule has 0 aliphatic rings. The molecule has 0 aromatic heterocycles. The highest BCUT2D eigenvalue weighted by Gasteiger charge is 2.26. The maximum Gasteiger partial charge on any atom is 0.514 e. The van der Waals surface area contributed by atoms with Crippen molar-refractivity contribution in [3.63, 3.8) is 0 Å². The van der Waals surface area contributed by atoms with E-state index in [0.29, 0.717) is 12.8 Å². The highest BCUT2D eigenvalue weighted by atomic mass is 16.8. The molecule has 1 atom stereocenters. The fourth-order valence-corrected chi connectivity index (χ4v) is 2.05. The van der Waals surface area contributed by atoms with E-state index in [4.69, 9.17) is 18.9 Å². The molecule has 0 spiro atoms. The van der Waals surface area contributed by atoms with Crippen molar-refractivity contribution in [2.75, 3.05) is 0 Å². The third-order valence-electron chi connectivity index (χ3n) is 4.96. The Balaban J connectivity index is 3.08. The van der Waals surface area contributed by atoms with Gasteiger partial charge in [0.25, 0.3) is 0 Å². The van der Waals surface area contributed by atoms with E-state index in [1.165, 1.54) is 0 Å². The van der Waals surface area contributed by atoms with Gasteiger partial charge in [-0.1, -0.05) is 33.8 Å². The number of carbonyl (C=O) groups is 2. The molecule has 0 fully saturated rings. The van der Waals surface area contributed by atoms with Crippen LogP contribution in [0.1, 0.15) is 86.1 Å². The Kier molecular flexibility index (Phi) is 8.33. The number of carbonyl (C=O) groups excluding carboxylic acids is 2. The molecule has 1 aromatic carbocycles. The lowest BCUT2D eigenvalue weighted by molar-refractivity contribution is 0.000899. The second-order valence-electron chi connectivity index (χ2n) is 8.15. The first-order valence-corrected chi connectivity index (χ1v) is 9.88. The molecule has 158 valence electrons. The third kappa shape index (κ3) is 7.41. The van der Waals surface area contributed by atoms with Crippen LogP contribution < -0.4 is 9.47 Å². The van der Waals surface area contributed by atoms with Gasteiger partial charge >= 0.3 is 12.3 Å². The Labute approximate surface area is 168 Å². The fourth-order valence-electron chi connectivity index (χ4n) is 2.05. The Morgan fingerprint density at radius 1 is 0.857 bits per heavy atom. The van der Waals surface area contributed by atoms with E-state index in [9.17, 15) is 9.59 Å². The van der Waals surface area contributed by atoms with E-state index in [2.05, 4.69) is 13.8 Å². The minimum Gasteiger partial charge on any atom is -0.428 e. The van der Waals surface area contributed by atoms with Crippen molar-refractivity contribution in [3.8, 4) is 11.5 Å². The van der Waals surface area contributed by atoms with Gasteiger partial charge in [-0.05, 0) is 70.6 Å². The average molecular weight is 395 g/mol. The molecule has 28 heavy (non-hydrogen) atoms. The summed E-state index contributed by atoms with van der Waals surface area (Å²) in [4.78, 5) is 24.4. The molecular weight excluding hydrogens is 360 g/mol. The molecule has 0 N–H and O–H groups in total. The Bertz CT molecular complexity index is 678. The molecule has 6 heteroatoms. The minimum atomic E-state index is -0.852. The van der Waals surface area contributed by atoms with Crippen molar-refractivity contribution < 1.29 is 28.5 Å². The van der Waals surface area contributed by atoms with Gasteiger partial charge in [-0.15, -0.1) is 0 Å². The molecule has 0 amide bonds. The van der Waals surface area contributed by atoms with Crippen LogP contribution in [0.4, 0.5) is 9.59 Å². The summed E-state index contributed by atoms with van der Waals surface area (Å²) < 4.78 is 21.4. The van der Waals surface area contributed by atoms with E-state index >= 15 is 0 Å². The van der Waals surface area contributed by atoms with E-state index in [1.54, 1.807) is 39.8 Å². The standard InChI is InChI=1S/C22H34O6/c1-9-15(4)16-12-13-17(25-19(23)27-21(5,6)10-2)18(14-16)26-20(24)28-22(7,8)11-3/h12-15H,9-11H2,1-8H3. The maximum atomic E-state index is 12.2. The van der Waals surface area contributed by atoms with Crippen LogP contribution in [0.2, 0.25) is 0 Å². The van der Waals surface area contributed by atoms with Crippen molar-refractivity contribution in [2.24, 2.45) is 0 Å². The van der Waals surface area contributed by atoms with Crippen molar-refractivity contribution >= 4 is 12.3 Å². The van der Waals surface area contributed by atoms with E-state index in [0.717, 1.165) is 12.0 Å². The minimum absolute atomic E-state index is 0.107. The van der Waals surface area contributed by atoms with Crippen LogP contribution >= 0.6 is 0 Å². The third-order valence-corrected chi connectivity index (χ3v) is 4.96. The smallest absolute Gasteiger partial charge is 0.428 e. The summed E-state index contributed by atoms with van der Waals surface area (Å²) >= 11 is 0. The van der Waals surface area contributed by atoms with Gasteiger partial charge in [0, 0.05) is 0 Å². The molecule has 1 unspecified atom stereocenters. The van der Waals surface area contributed by atoms with Gasteiger partial charge < -0.3 is 18.9 Å². The van der Waals surface area contributed by atoms with Gasteiger partial charge in [0.2, 0.25) is 0 Å². The number of hydrogen-bond donors (Lipinski definition) is 0. The SMILES string of the molecule is CCC(C)c1ccc(OC(=O)OC(C)(C)CC)c(OC(=O)OC(C)(C)CC)c1. The largest absolute Gasteiger partial charge is 0.514 e. The summed E-state index contributed by atoms with van der Waals surface area (Å²) in [6.07, 6.45) is 0.489. The van der Waals surface area contributed by atoms with Crippen LogP contribution in [0.5, 0.6) is 11.5 Å². The van der Waals surface area contributed by atoms with Gasteiger partial charge in [0.1, 0.15) is 11.2 Å². The quantitative estimate of drug-likeness (QED) is 0.365. The highest BCUT2D eigenvalue weighted by molar-refractivity contribution is 5.69. The molecular formula is C22H34O6. The topological polar surface area (TPSA) is 71.1 Å². The van der Waals surface area contributed by atoms with E-state index in [-0.39, 0.29) is 17.4 Å². The average Bonchev–Trinajstić information content (AvgIpc) is 2.61. The van der Waals surface area contributed by atoms with Gasteiger partial charge in [0.05, 0.1) is 0 Å². The number of ether oxygens (including phenoxy) is 4. The Morgan fingerprint density at radius 2 is 1.32 bits per heavy atom. The molecule has 0 saturated carbocycles. The first-order valence-electron chi connectivity index (χ1n) is 9.88. The van der Waals surface area contributed by atoms with Crippen molar-refractivity contribution in [3.05, 3.63) is 23.8 Å². The summed E-state index contributed by atoms with van der Waals surface area (Å²) in [5, 5.41) is 0. The zero-order chi connectivity index (χ0) is 21.5. The predicted octanol–water partition coefficient (Wildman–Crippen LogP) is 6.61. The molecule has 6 nitrogen and oxygen atoms in total. The van der Waals surface area contributed by atoms with E-state index in [1.807, 2.05) is 19.9 Å². The van der Waals surface area contributed by atoms with Crippen LogP contribution in [0.3, 0.4) is 0 Å². The fraction of sp³-hybridized carbons (Fsp3) is 0.636. The molecule has 1 aromatic rings. The monoisotopic (exact) mass is 394 g/mol. The van der Waals surface area contributed by atoms with Crippen LogP contribution in [0.15, 0.2) is 18.2 Å². The number of benzene rings is 1.